The Labute approximate surface area is 99.2 Å². The first-order valence-electron chi connectivity index (χ1n) is 5.35. The zero-order chi connectivity index (χ0) is 13.0. The molecule has 0 spiro atoms. The van der Waals surface area contributed by atoms with Gasteiger partial charge in [0.25, 0.3) is 0 Å². The van der Waals surface area contributed by atoms with Gasteiger partial charge in [-0.3, -0.25) is 4.79 Å². The number of benzene rings is 1. The van der Waals surface area contributed by atoms with Crippen molar-refractivity contribution >= 4 is 5.91 Å². The summed E-state index contributed by atoms with van der Waals surface area (Å²) in [7, 11) is 1.61. The van der Waals surface area contributed by atoms with Crippen LogP contribution in [0.2, 0.25) is 0 Å². The van der Waals surface area contributed by atoms with Crippen molar-refractivity contribution in [3.05, 3.63) is 35.4 Å². The highest BCUT2D eigenvalue weighted by molar-refractivity contribution is 5.78. The van der Waals surface area contributed by atoms with E-state index in [2.05, 4.69) is 0 Å². The Balaban J connectivity index is 2.74. The Bertz CT molecular complexity index is 409. The lowest BCUT2D eigenvalue weighted by molar-refractivity contribution is -0.130. The van der Waals surface area contributed by atoms with E-state index in [4.69, 9.17) is 5.73 Å². The predicted octanol–water partition coefficient (Wildman–Crippen LogP) is 1.31. The summed E-state index contributed by atoms with van der Waals surface area (Å²) in [6.07, 6.45) is -0.0903. The molecule has 0 aromatic heterocycles. The van der Waals surface area contributed by atoms with Crippen molar-refractivity contribution in [2.75, 3.05) is 13.6 Å². The second-order valence-electron chi connectivity index (χ2n) is 4.00. The first-order chi connectivity index (χ1) is 7.95. The lowest BCUT2D eigenvalue weighted by Gasteiger charge is -2.23. The molecule has 0 unspecified atom stereocenters. The van der Waals surface area contributed by atoms with Gasteiger partial charge in [0.15, 0.2) is 0 Å². The van der Waals surface area contributed by atoms with Crippen LogP contribution in [-0.4, -0.2) is 30.4 Å². The van der Waals surface area contributed by atoms with E-state index in [1.165, 1.54) is 11.0 Å². The number of nitrogens with zero attached hydrogens (tertiary/aromatic N) is 1. The van der Waals surface area contributed by atoms with E-state index < -0.39 is 11.6 Å². The van der Waals surface area contributed by atoms with Crippen LogP contribution in [0.1, 0.15) is 12.5 Å². The number of carbonyl (C=O) groups is 1. The number of nitrogens with two attached hydrogens (primary N) is 1. The highest BCUT2D eigenvalue weighted by Crippen LogP contribution is 2.11. The second kappa shape index (κ2) is 5.72. The second-order valence-corrected chi connectivity index (χ2v) is 4.00. The molecule has 5 heteroatoms. The zero-order valence-electron chi connectivity index (χ0n) is 9.91. The van der Waals surface area contributed by atoms with Gasteiger partial charge in [-0.1, -0.05) is 6.07 Å². The quantitative estimate of drug-likeness (QED) is 0.865. The number of carbonyl (C=O) groups excluding carboxylic acids is 1. The Hall–Kier alpha value is -1.49. The van der Waals surface area contributed by atoms with Gasteiger partial charge >= 0.3 is 0 Å². The molecule has 2 N–H and O–H groups in total. The van der Waals surface area contributed by atoms with Crippen molar-refractivity contribution in [1.82, 2.24) is 4.90 Å². The minimum atomic E-state index is -0.702. The average Bonchev–Trinajstić information content (AvgIpc) is 2.30. The molecule has 1 atom stereocenters. The Morgan fingerprint density at radius 1 is 1.47 bits per heavy atom. The largest absolute Gasteiger partial charge is 0.341 e. The van der Waals surface area contributed by atoms with Gasteiger partial charge in [-0.25, -0.2) is 8.78 Å². The number of amides is 1. The van der Waals surface area contributed by atoms with E-state index in [0.29, 0.717) is 6.54 Å². The number of likely N-dealkylation sites (N-methyl/N-ethyl adjacent to an activating group) is 1. The molecule has 0 fully saturated rings. The van der Waals surface area contributed by atoms with Crippen LogP contribution in [0.15, 0.2) is 18.2 Å². The molecule has 0 aliphatic heterocycles. The number of hydrogen-bond acceptors (Lipinski definition) is 2. The van der Waals surface area contributed by atoms with Gasteiger partial charge in [-0.05, 0) is 18.6 Å². The van der Waals surface area contributed by atoms with E-state index in [0.717, 1.165) is 12.1 Å². The van der Waals surface area contributed by atoms with Gasteiger partial charge < -0.3 is 10.6 Å². The van der Waals surface area contributed by atoms with Gasteiger partial charge in [-0.2, -0.15) is 0 Å². The minimum absolute atomic E-state index is 0.0903. The first-order valence-corrected chi connectivity index (χ1v) is 5.35. The third-order valence-corrected chi connectivity index (χ3v) is 2.75. The van der Waals surface area contributed by atoms with E-state index in [9.17, 15) is 13.6 Å². The SMILES string of the molecule is C[C@@H](CN)N(C)C(=O)Cc1ccc(F)cc1F. The molecule has 0 radical (unpaired) electrons. The van der Waals surface area contributed by atoms with Crippen LogP contribution in [0, 0.1) is 11.6 Å². The molecule has 17 heavy (non-hydrogen) atoms. The van der Waals surface area contributed by atoms with Crippen molar-refractivity contribution in [3.63, 3.8) is 0 Å². The van der Waals surface area contributed by atoms with Gasteiger partial charge in [0.2, 0.25) is 5.91 Å². The monoisotopic (exact) mass is 242 g/mol. The maximum Gasteiger partial charge on any atom is 0.227 e. The smallest absolute Gasteiger partial charge is 0.227 e. The van der Waals surface area contributed by atoms with Crippen LogP contribution >= 0.6 is 0 Å². The maximum atomic E-state index is 13.3. The lowest BCUT2D eigenvalue weighted by Crippen LogP contribution is -2.40. The molecule has 1 aromatic carbocycles. The highest BCUT2D eigenvalue weighted by atomic mass is 19.1. The lowest BCUT2D eigenvalue weighted by atomic mass is 10.1. The first kappa shape index (κ1) is 13.6. The summed E-state index contributed by atoms with van der Waals surface area (Å²) in [6, 6.07) is 3.09. The van der Waals surface area contributed by atoms with Crippen LogP contribution in [0.3, 0.4) is 0 Å². The molecule has 1 rings (SSSR count). The molecule has 0 saturated heterocycles. The van der Waals surface area contributed by atoms with E-state index in [-0.39, 0.29) is 23.9 Å². The molecule has 0 saturated carbocycles. The Kier molecular flexibility index (Phi) is 4.57. The van der Waals surface area contributed by atoms with Crippen molar-refractivity contribution in [3.8, 4) is 0 Å². The number of rotatable bonds is 4. The Morgan fingerprint density at radius 3 is 2.65 bits per heavy atom. The Morgan fingerprint density at radius 2 is 2.12 bits per heavy atom. The van der Waals surface area contributed by atoms with Crippen molar-refractivity contribution < 1.29 is 13.6 Å². The molecule has 0 bridgehead atoms. The van der Waals surface area contributed by atoms with Crippen LogP contribution in [0.5, 0.6) is 0 Å². The van der Waals surface area contributed by atoms with Gasteiger partial charge in [0.1, 0.15) is 11.6 Å². The number of halogens is 2. The summed E-state index contributed by atoms with van der Waals surface area (Å²) < 4.78 is 26.0. The fourth-order valence-electron chi connectivity index (χ4n) is 1.36. The van der Waals surface area contributed by atoms with E-state index in [1.54, 1.807) is 14.0 Å². The molecule has 94 valence electrons. The fourth-order valence-corrected chi connectivity index (χ4v) is 1.36. The van der Waals surface area contributed by atoms with Crippen molar-refractivity contribution in [2.24, 2.45) is 5.73 Å². The van der Waals surface area contributed by atoms with Crippen molar-refractivity contribution in [2.45, 2.75) is 19.4 Å². The van der Waals surface area contributed by atoms with Crippen LogP contribution < -0.4 is 5.73 Å². The maximum absolute atomic E-state index is 13.3. The molecule has 1 aromatic rings. The minimum Gasteiger partial charge on any atom is -0.341 e. The third kappa shape index (κ3) is 3.49. The van der Waals surface area contributed by atoms with Crippen molar-refractivity contribution in [1.29, 1.82) is 0 Å². The normalized spacial score (nSPS) is 12.3. The summed E-state index contributed by atoms with van der Waals surface area (Å²) in [6.45, 7) is 2.15. The fraction of sp³-hybridized carbons (Fsp3) is 0.417. The third-order valence-electron chi connectivity index (χ3n) is 2.75. The van der Waals surface area contributed by atoms with Gasteiger partial charge in [0, 0.05) is 25.7 Å². The zero-order valence-corrected chi connectivity index (χ0v) is 9.91. The predicted molar refractivity (Wildman–Crippen MR) is 61.3 cm³/mol. The summed E-state index contributed by atoms with van der Waals surface area (Å²) >= 11 is 0. The van der Waals surface area contributed by atoms with Gasteiger partial charge in [0.05, 0.1) is 6.42 Å². The molecule has 0 heterocycles. The number of hydrogen-bond donors (Lipinski definition) is 1. The van der Waals surface area contributed by atoms with E-state index >= 15 is 0 Å². The topological polar surface area (TPSA) is 46.3 Å². The summed E-state index contributed by atoms with van der Waals surface area (Å²) in [5.41, 5.74) is 5.62. The van der Waals surface area contributed by atoms with E-state index in [1.807, 2.05) is 0 Å². The molecular formula is C12H16F2N2O. The summed E-state index contributed by atoms with van der Waals surface area (Å²) in [4.78, 5) is 13.2. The van der Waals surface area contributed by atoms with Crippen LogP contribution in [0.4, 0.5) is 8.78 Å². The molecule has 1 amide bonds. The van der Waals surface area contributed by atoms with Gasteiger partial charge in [-0.15, -0.1) is 0 Å². The molecule has 3 nitrogen and oxygen atoms in total. The van der Waals surface area contributed by atoms with Crippen LogP contribution in [-0.2, 0) is 11.2 Å². The average molecular weight is 242 g/mol. The highest BCUT2D eigenvalue weighted by Gasteiger charge is 2.16. The molecule has 0 aliphatic rings. The standard InChI is InChI=1S/C12H16F2N2O/c1-8(7-15)16(2)12(17)5-9-3-4-10(13)6-11(9)14/h3-4,6,8H,5,7,15H2,1-2H3/t8-/m0/s1. The summed E-state index contributed by atoms with van der Waals surface area (Å²) in [5, 5.41) is 0. The molecule has 0 aliphatic carbocycles. The van der Waals surface area contributed by atoms with Crippen LogP contribution in [0.25, 0.3) is 0 Å². The summed E-state index contributed by atoms with van der Waals surface area (Å²) in [5.74, 6) is -1.59. The molecular weight excluding hydrogens is 226 g/mol.